The molecule has 4 heteroatoms. The second-order valence-electron chi connectivity index (χ2n) is 5.89. The molecule has 1 aliphatic carbocycles. The molecule has 0 aromatic heterocycles. The third-order valence-electron chi connectivity index (χ3n) is 4.38. The maximum absolute atomic E-state index is 12.7. The molecule has 1 aromatic carbocycles. The minimum Gasteiger partial charge on any atom is -0.335 e. The average molecular weight is 295 g/mol. The Hall–Kier alpha value is -1.06. The lowest BCUT2D eigenvalue weighted by Gasteiger charge is -2.35. The van der Waals surface area contributed by atoms with Gasteiger partial charge in [-0.15, -0.1) is 12.4 Å². The van der Waals surface area contributed by atoms with Gasteiger partial charge in [0.1, 0.15) is 0 Å². The highest BCUT2D eigenvalue weighted by atomic mass is 35.5. The molecule has 1 aliphatic heterocycles. The van der Waals surface area contributed by atoms with Gasteiger partial charge in [0.05, 0.1) is 0 Å². The van der Waals surface area contributed by atoms with Gasteiger partial charge in [0.15, 0.2) is 0 Å². The zero-order valence-electron chi connectivity index (χ0n) is 11.9. The number of rotatable bonds is 5. The van der Waals surface area contributed by atoms with Crippen LogP contribution in [0.3, 0.4) is 0 Å². The van der Waals surface area contributed by atoms with Crippen LogP contribution in [0.4, 0.5) is 0 Å². The molecule has 2 fully saturated rings. The first kappa shape index (κ1) is 15.3. The van der Waals surface area contributed by atoms with Crippen molar-refractivity contribution in [2.75, 3.05) is 13.1 Å². The molecule has 3 rings (SSSR count). The Kier molecular flexibility index (Phi) is 5.06. The summed E-state index contributed by atoms with van der Waals surface area (Å²) in [7, 11) is 0. The van der Waals surface area contributed by atoms with Gasteiger partial charge in [0.2, 0.25) is 5.91 Å². The molecule has 110 valence electrons. The molecular formula is C16H23ClN2O. The lowest BCUT2D eigenvalue weighted by Crippen LogP contribution is -2.50. The van der Waals surface area contributed by atoms with Crippen LogP contribution in [0.5, 0.6) is 0 Å². The van der Waals surface area contributed by atoms with E-state index < -0.39 is 0 Å². The van der Waals surface area contributed by atoms with Crippen LogP contribution in [-0.4, -0.2) is 29.9 Å². The molecule has 1 N–H and O–H groups in total. The number of benzene rings is 1. The Labute approximate surface area is 127 Å². The summed E-state index contributed by atoms with van der Waals surface area (Å²) in [5.41, 5.74) is 1.24. The van der Waals surface area contributed by atoms with Gasteiger partial charge in [-0.2, -0.15) is 0 Å². The van der Waals surface area contributed by atoms with E-state index in [2.05, 4.69) is 29.3 Å². The fraction of sp³-hybridized carbons (Fsp3) is 0.562. The van der Waals surface area contributed by atoms with Crippen molar-refractivity contribution >= 4 is 18.3 Å². The number of carbonyl (C=O) groups is 1. The number of carbonyl (C=O) groups excluding carboxylic acids is 1. The van der Waals surface area contributed by atoms with Crippen LogP contribution in [0.2, 0.25) is 0 Å². The lowest BCUT2D eigenvalue weighted by molar-refractivity contribution is -0.138. The van der Waals surface area contributed by atoms with E-state index in [0.717, 1.165) is 19.6 Å². The van der Waals surface area contributed by atoms with Crippen molar-refractivity contribution in [3.05, 3.63) is 35.9 Å². The largest absolute Gasteiger partial charge is 0.335 e. The Morgan fingerprint density at radius 3 is 2.45 bits per heavy atom. The topological polar surface area (TPSA) is 32.3 Å². The highest BCUT2D eigenvalue weighted by Crippen LogP contribution is 2.31. The monoisotopic (exact) mass is 294 g/mol. The molecular weight excluding hydrogens is 272 g/mol. The molecule has 1 unspecified atom stereocenters. The predicted octanol–water partition coefficient (Wildman–Crippen LogP) is 2.45. The lowest BCUT2D eigenvalue weighted by atomic mass is 9.88. The molecule has 0 radical (unpaired) electrons. The number of nitrogens with zero attached hydrogens (tertiary/aromatic N) is 1. The van der Waals surface area contributed by atoms with E-state index in [-0.39, 0.29) is 18.3 Å². The molecule has 1 atom stereocenters. The van der Waals surface area contributed by atoms with Gasteiger partial charge in [-0.1, -0.05) is 37.3 Å². The average Bonchev–Trinajstić information content (AvgIpc) is 3.18. The van der Waals surface area contributed by atoms with Gasteiger partial charge < -0.3 is 10.2 Å². The summed E-state index contributed by atoms with van der Waals surface area (Å²) in [4.78, 5) is 14.8. The number of hydrogen-bond donors (Lipinski definition) is 1. The Bertz CT molecular complexity index is 443. The van der Waals surface area contributed by atoms with Crippen LogP contribution in [0, 0.1) is 11.8 Å². The van der Waals surface area contributed by atoms with Gasteiger partial charge in [-0.3, -0.25) is 4.79 Å². The van der Waals surface area contributed by atoms with E-state index in [9.17, 15) is 4.79 Å². The number of halogens is 1. The molecule has 1 heterocycles. The molecule has 1 aromatic rings. The molecule has 3 nitrogen and oxygen atoms in total. The van der Waals surface area contributed by atoms with E-state index in [1.54, 1.807) is 0 Å². The highest BCUT2D eigenvalue weighted by Gasteiger charge is 2.38. The summed E-state index contributed by atoms with van der Waals surface area (Å²) in [5, 5.41) is 3.26. The Morgan fingerprint density at radius 1 is 1.30 bits per heavy atom. The Morgan fingerprint density at radius 2 is 1.95 bits per heavy atom. The van der Waals surface area contributed by atoms with Crippen molar-refractivity contribution in [2.45, 2.75) is 32.4 Å². The molecule has 1 amide bonds. The fourth-order valence-corrected chi connectivity index (χ4v) is 2.68. The van der Waals surface area contributed by atoms with Gasteiger partial charge in [-0.25, -0.2) is 0 Å². The van der Waals surface area contributed by atoms with Crippen molar-refractivity contribution < 1.29 is 4.79 Å². The molecule has 2 aliphatic rings. The maximum atomic E-state index is 12.7. The SMILES string of the molecule is CC(C(=O)N(Cc1ccccc1)C1CC1)C1CNC1.Cl. The van der Waals surface area contributed by atoms with Crippen LogP contribution >= 0.6 is 12.4 Å². The number of amides is 1. The minimum atomic E-state index is 0. The summed E-state index contributed by atoms with van der Waals surface area (Å²) in [6.45, 7) is 4.86. The van der Waals surface area contributed by atoms with Crippen molar-refractivity contribution in [2.24, 2.45) is 11.8 Å². The predicted molar refractivity (Wildman–Crippen MR) is 82.8 cm³/mol. The van der Waals surface area contributed by atoms with Crippen LogP contribution < -0.4 is 5.32 Å². The standard InChI is InChI=1S/C16H22N2O.ClH/c1-12(14-9-17-10-14)16(19)18(15-7-8-15)11-13-5-3-2-4-6-13;/h2-6,12,14-15,17H,7-11H2,1H3;1H. The van der Waals surface area contributed by atoms with Crippen LogP contribution in [0.1, 0.15) is 25.3 Å². The zero-order valence-corrected chi connectivity index (χ0v) is 12.7. The second kappa shape index (κ2) is 6.59. The fourth-order valence-electron chi connectivity index (χ4n) is 2.68. The number of nitrogens with one attached hydrogen (secondary N) is 1. The first-order valence-corrected chi connectivity index (χ1v) is 7.31. The smallest absolute Gasteiger partial charge is 0.226 e. The van der Waals surface area contributed by atoms with Gasteiger partial charge in [-0.05, 0) is 37.4 Å². The van der Waals surface area contributed by atoms with Gasteiger partial charge in [0, 0.05) is 18.5 Å². The summed E-state index contributed by atoms with van der Waals surface area (Å²) in [6, 6.07) is 10.8. The van der Waals surface area contributed by atoms with Crippen LogP contribution in [-0.2, 0) is 11.3 Å². The third-order valence-corrected chi connectivity index (χ3v) is 4.38. The minimum absolute atomic E-state index is 0. The maximum Gasteiger partial charge on any atom is 0.226 e. The molecule has 0 bridgehead atoms. The van der Waals surface area contributed by atoms with E-state index >= 15 is 0 Å². The van der Waals surface area contributed by atoms with Gasteiger partial charge >= 0.3 is 0 Å². The van der Waals surface area contributed by atoms with E-state index in [4.69, 9.17) is 0 Å². The van der Waals surface area contributed by atoms with Crippen molar-refractivity contribution in [3.63, 3.8) is 0 Å². The quantitative estimate of drug-likeness (QED) is 0.905. The van der Waals surface area contributed by atoms with Crippen molar-refractivity contribution in [1.29, 1.82) is 0 Å². The van der Waals surface area contributed by atoms with Crippen LogP contribution in [0.25, 0.3) is 0 Å². The summed E-state index contributed by atoms with van der Waals surface area (Å²) in [6.07, 6.45) is 2.35. The summed E-state index contributed by atoms with van der Waals surface area (Å²) >= 11 is 0. The third kappa shape index (κ3) is 3.33. The Balaban J connectivity index is 0.00000147. The molecule has 1 saturated heterocycles. The van der Waals surface area contributed by atoms with Gasteiger partial charge in [0.25, 0.3) is 0 Å². The van der Waals surface area contributed by atoms with E-state index in [0.29, 0.717) is 17.9 Å². The van der Waals surface area contributed by atoms with Crippen molar-refractivity contribution in [1.82, 2.24) is 10.2 Å². The summed E-state index contributed by atoms with van der Waals surface area (Å²) < 4.78 is 0. The van der Waals surface area contributed by atoms with E-state index in [1.165, 1.54) is 18.4 Å². The molecule has 20 heavy (non-hydrogen) atoms. The molecule has 1 saturated carbocycles. The highest BCUT2D eigenvalue weighted by molar-refractivity contribution is 5.85. The van der Waals surface area contributed by atoms with Crippen molar-refractivity contribution in [3.8, 4) is 0 Å². The van der Waals surface area contributed by atoms with Crippen LogP contribution in [0.15, 0.2) is 30.3 Å². The first-order valence-electron chi connectivity index (χ1n) is 7.31. The zero-order chi connectivity index (χ0) is 13.2. The molecule has 0 spiro atoms. The number of hydrogen-bond acceptors (Lipinski definition) is 2. The second-order valence-corrected chi connectivity index (χ2v) is 5.89. The van der Waals surface area contributed by atoms with E-state index in [1.807, 2.05) is 18.2 Å². The summed E-state index contributed by atoms with van der Waals surface area (Å²) in [5.74, 6) is 1.04. The normalized spacial score (nSPS) is 19.6. The first-order chi connectivity index (χ1) is 9.25.